The first-order valence-electron chi connectivity index (χ1n) is 8.91. The van der Waals surface area contributed by atoms with E-state index in [9.17, 15) is 4.79 Å². The number of piperidine rings is 1. The number of benzene rings is 2. The average Bonchev–Trinajstić information content (AvgIpc) is 3.14. The third-order valence-electron chi connectivity index (χ3n) is 5.12. The average molecular weight is 354 g/mol. The van der Waals surface area contributed by atoms with Crippen LogP contribution < -0.4 is 4.74 Å². The SMILES string of the molecule is N=Cc1ccc(OCC(=O)N2CCC3(CC2)OCCO3)c2ccccc12. The number of ether oxygens (including phenoxy) is 3. The molecular weight excluding hydrogens is 332 g/mol. The summed E-state index contributed by atoms with van der Waals surface area (Å²) in [7, 11) is 0. The highest BCUT2D eigenvalue weighted by molar-refractivity contribution is 6.01. The first-order chi connectivity index (χ1) is 12.7. The van der Waals surface area contributed by atoms with Crippen molar-refractivity contribution >= 4 is 22.9 Å². The Labute approximate surface area is 152 Å². The molecule has 6 nitrogen and oxygen atoms in total. The van der Waals surface area contributed by atoms with Crippen LogP contribution in [-0.4, -0.2) is 55.7 Å². The van der Waals surface area contributed by atoms with E-state index in [4.69, 9.17) is 19.6 Å². The fourth-order valence-corrected chi connectivity index (χ4v) is 3.66. The molecule has 0 aliphatic carbocycles. The highest BCUT2D eigenvalue weighted by Crippen LogP contribution is 2.31. The standard InChI is InChI=1S/C20H22N2O4/c21-13-15-5-6-18(17-4-2-1-3-16(15)17)24-14-19(23)22-9-7-20(8-10-22)25-11-12-26-20/h1-6,13,21H,7-12,14H2. The van der Waals surface area contributed by atoms with Gasteiger partial charge in [-0.15, -0.1) is 0 Å². The third-order valence-corrected chi connectivity index (χ3v) is 5.12. The van der Waals surface area contributed by atoms with Crippen molar-refractivity contribution in [2.75, 3.05) is 32.9 Å². The molecule has 0 bridgehead atoms. The second-order valence-electron chi connectivity index (χ2n) is 6.62. The molecule has 4 rings (SSSR count). The van der Waals surface area contributed by atoms with E-state index < -0.39 is 5.79 Å². The van der Waals surface area contributed by atoms with E-state index in [0.717, 1.165) is 16.3 Å². The Kier molecular flexibility index (Phi) is 4.61. The zero-order valence-corrected chi connectivity index (χ0v) is 14.6. The van der Waals surface area contributed by atoms with Gasteiger partial charge in [-0.25, -0.2) is 0 Å². The second kappa shape index (κ2) is 7.05. The maximum absolute atomic E-state index is 12.5. The van der Waals surface area contributed by atoms with Gasteiger partial charge in [-0.1, -0.05) is 24.3 Å². The second-order valence-corrected chi connectivity index (χ2v) is 6.62. The van der Waals surface area contributed by atoms with Crippen LogP contribution in [0.15, 0.2) is 36.4 Å². The third kappa shape index (κ3) is 3.18. The predicted molar refractivity (Wildman–Crippen MR) is 97.8 cm³/mol. The van der Waals surface area contributed by atoms with Gasteiger partial charge in [0.1, 0.15) is 5.75 Å². The highest BCUT2D eigenvalue weighted by Gasteiger charge is 2.40. The summed E-state index contributed by atoms with van der Waals surface area (Å²) in [6.45, 7) is 2.51. The zero-order valence-electron chi connectivity index (χ0n) is 14.6. The van der Waals surface area contributed by atoms with Gasteiger partial charge in [0.2, 0.25) is 0 Å². The Hall–Kier alpha value is -2.44. The molecule has 0 atom stereocenters. The van der Waals surface area contributed by atoms with Crippen LogP contribution in [0.1, 0.15) is 18.4 Å². The molecule has 0 aromatic heterocycles. The summed E-state index contributed by atoms with van der Waals surface area (Å²) in [6.07, 6.45) is 2.74. The summed E-state index contributed by atoms with van der Waals surface area (Å²) < 4.78 is 17.2. The number of rotatable bonds is 4. The summed E-state index contributed by atoms with van der Waals surface area (Å²) >= 11 is 0. The molecule has 1 spiro atoms. The van der Waals surface area contributed by atoms with Crippen molar-refractivity contribution in [3.63, 3.8) is 0 Å². The molecule has 2 saturated heterocycles. The van der Waals surface area contributed by atoms with Crippen molar-refractivity contribution in [1.82, 2.24) is 4.90 Å². The van der Waals surface area contributed by atoms with Gasteiger partial charge in [-0.05, 0) is 17.5 Å². The maximum Gasteiger partial charge on any atom is 0.260 e. The van der Waals surface area contributed by atoms with Crippen molar-refractivity contribution in [2.45, 2.75) is 18.6 Å². The van der Waals surface area contributed by atoms with Crippen molar-refractivity contribution in [2.24, 2.45) is 0 Å². The van der Waals surface area contributed by atoms with Crippen LogP contribution in [0.2, 0.25) is 0 Å². The lowest BCUT2D eigenvalue weighted by molar-refractivity contribution is -0.187. The number of carbonyl (C=O) groups is 1. The number of fused-ring (bicyclic) bond motifs is 1. The fraction of sp³-hybridized carbons (Fsp3) is 0.400. The Morgan fingerprint density at radius 1 is 1.12 bits per heavy atom. The summed E-state index contributed by atoms with van der Waals surface area (Å²) in [4.78, 5) is 14.3. The van der Waals surface area contributed by atoms with E-state index in [1.165, 1.54) is 6.21 Å². The largest absolute Gasteiger partial charge is 0.483 e. The molecule has 2 aliphatic rings. The molecule has 1 amide bonds. The zero-order chi connectivity index (χ0) is 18.0. The van der Waals surface area contributed by atoms with Crippen LogP contribution in [0.4, 0.5) is 0 Å². The number of nitrogens with zero attached hydrogens (tertiary/aromatic N) is 1. The van der Waals surface area contributed by atoms with Gasteiger partial charge < -0.3 is 24.5 Å². The van der Waals surface area contributed by atoms with Crippen molar-refractivity contribution in [3.8, 4) is 5.75 Å². The normalized spacial score (nSPS) is 19.0. The van der Waals surface area contributed by atoms with Crippen molar-refractivity contribution in [1.29, 1.82) is 5.41 Å². The van der Waals surface area contributed by atoms with Gasteiger partial charge in [-0.2, -0.15) is 0 Å². The van der Waals surface area contributed by atoms with E-state index in [1.807, 2.05) is 41.3 Å². The quantitative estimate of drug-likeness (QED) is 0.857. The Morgan fingerprint density at radius 2 is 1.81 bits per heavy atom. The van der Waals surface area contributed by atoms with E-state index in [1.54, 1.807) is 0 Å². The lowest BCUT2D eigenvalue weighted by Crippen LogP contribution is -2.48. The minimum Gasteiger partial charge on any atom is -0.483 e. The monoisotopic (exact) mass is 354 g/mol. The van der Waals surface area contributed by atoms with Gasteiger partial charge in [0.25, 0.3) is 5.91 Å². The van der Waals surface area contributed by atoms with Crippen LogP contribution in [0.25, 0.3) is 10.8 Å². The van der Waals surface area contributed by atoms with Gasteiger partial charge >= 0.3 is 0 Å². The highest BCUT2D eigenvalue weighted by atomic mass is 16.7. The van der Waals surface area contributed by atoms with Crippen LogP contribution in [0, 0.1) is 5.41 Å². The lowest BCUT2D eigenvalue weighted by atomic mass is 10.0. The Balaban J connectivity index is 1.41. The molecule has 0 unspecified atom stereocenters. The predicted octanol–water partition coefficient (Wildman–Crippen LogP) is 2.58. The minimum absolute atomic E-state index is 0.00262. The molecule has 0 radical (unpaired) electrons. The summed E-state index contributed by atoms with van der Waals surface area (Å²) in [5, 5.41) is 9.38. The molecule has 6 heteroatoms. The smallest absolute Gasteiger partial charge is 0.260 e. The number of likely N-dealkylation sites (tertiary alicyclic amines) is 1. The Morgan fingerprint density at radius 3 is 2.50 bits per heavy atom. The van der Waals surface area contributed by atoms with Gasteiger partial charge in [0, 0.05) is 43.1 Å². The molecule has 2 aliphatic heterocycles. The van der Waals surface area contributed by atoms with Gasteiger partial charge in [0.05, 0.1) is 13.2 Å². The van der Waals surface area contributed by atoms with E-state index in [-0.39, 0.29) is 12.5 Å². The molecule has 2 aromatic carbocycles. The summed E-state index contributed by atoms with van der Waals surface area (Å²) in [6, 6.07) is 11.4. The summed E-state index contributed by atoms with van der Waals surface area (Å²) in [5.74, 6) is 0.157. The minimum atomic E-state index is -0.476. The molecule has 2 fully saturated rings. The van der Waals surface area contributed by atoms with Crippen molar-refractivity contribution < 1.29 is 19.0 Å². The molecule has 2 heterocycles. The first kappa shape index (κ1) is 17.0. The topological polar surface area (TPSA) is 71.9 Å². The number of hydrogen-bond donors (Lipinski definition) is 1. The lowest BCUT2D eigenvalue weighted by Gasteiger charge is -2.37. The van der Waals surface area contributed by atoms with E-state index >= 15 is 0 Å². The van der Waals surface area contributed by atoms with E-state index in [0.29, 0.717) is 44.9 Å². The molecule has 136 valence electrons. The van der Waals surface area contributed by atoms with Gasteiger partial charge in [-0.3, -0.25) is 4.79 Å². The van der Waals surface area contributed by atoms with Crippen LogP contribution in [0.5, 0.6) is 5.75 Å². The van der Waals surface area contributed by atoms with Crippen molar-refractivity contribution in [3.05, 3.63) is 42.0 Å². The maximum atomic E-state index is 12.5. The number of carbonyl (C=O) groups excluding carboxylic acids is 1. The number of nitrogens with one attached hydrogen (secondary N) is 1. The van der Waals surface area contributed by atoms with Crippen LogP contribution in [0.3, 0.4) is 0 Å². The molecule has 0 saturated carbocycles. The first-order valence-corrected chi connectivity index (χ1v) is 8.91. The molecular formula is C20H22N2O4. The Bertz CT molecular complexity index is 820. The fourth-order valence-electron chi connectivity index (χ4n) is 3.66. The van der Waals surface area contributed by atoms with Crippen LogP contribution in [-0.2, 0) is 14.3 Å². The molecule has 2 aromatic rings. The van der Waals surface area contributed by atoms with E-state index in [2.05, 4.69) is 0 Å². The number of amides is 1. The number of hydrogen-bond acceptors (Lipinski definition) is 5. The van der Waals surface area contributed by atoms with Crippen LogP contribution >= 0.6 is 0 Å². The van der Waals surface area contributed by atoms with Gasteiger partial charge in [0.15, 0.2) is 12.4 Å². The molecule has 1 N–H and O–H groups in total. The molecule has 26 heavy (non-hydrogen) atoms. The summed E-state index contributed by atoms with van der Waals surface area (Å²) in [5.41, 5.74) is 0.831.